The van der Waals surface area contributed by atoms with Gasteiger partial charge in [-0.15, -0.1) is 0 Å². The van der Waals surface area contributed by atoms with Gasteiger partial charge in [-0.05, 0) is 42.8 Å². The maximum Gasteiger partial charge on any atom is 0.330 e. The first-order chi connectivity index (χ1) is 13.0. The lowest BCUT2D eigenvalue weighted by Gasteiger charge is -2.03. The van der Waals surface area contributed by atoms with Gasteiger partial charge in [0.1, 0.15) is 0 Å². The molecule has 0 fully saturated rings. The molecule has 7 heteroatoms. The topological polar surface area (TPSA) is 98.5 Å². The summed E-state index contributed by atoms with van der Waals surface area (Å²) in [5.41, 5.74) is 1.60. The van der Waals surface area contributed by atoms with E-state index in [0.29, 0.717) is 17.9 Å². The molecule has 0 heterocycles. The molecule has 0 radical (unpaired) electrons. The Bertz CT molecular complexity index is 886. The molecule has 2 aromatic carbocycles. The Morgan fingerprint density at radius 2 is 1.78 bits per heavy atom. The second-order valence-electron chi connectivity index (χ2n) is 5.35. The summed E-state index contributed by atoms with van der Waals surface area (Å²) in [5, 5.41) is 13.6. The van der Waals surface area contributed by atoms with E-state index in [1.807, 2.05) is 0 Å². The third-order valence-corrected chi connectivity index (χ3v) is 3.42. The van der Waals surface area contributed by atoms with Gasteiger partial charge in [0.25, 0.3) is 5.69 Å². The molecular formula is C20H18N2O5. The summed E-state index contributed by atoms with van der Waals surface area (Å²) in [6.45, 7) is 2.04. The van der Waals surface area contributed by atoms with E-state index in [4.69, 9.17) is 4.74 Å². The van der Waals surface area contributed by atoms with Crippen LogP contribution in [0.15, 0.2) is 60.7 Å². The van der Waals surface area contributed by atoms with Crippen molar-refractivity contribution in [3.63, 3.8) is 0 Å². The Labute approximate surface area is 156 Å². The summed E-state index contributed by atoms with van der Waals surface area (Å²) in [5.74, 6) is -0.835. The predicted octanol–water partition coefficient (Wildman–Crippen LogP) is 3.82. The van der Waals surface area contributed by atoms with Crippen LogP contribution in [0, 0.1) is 10.1 Å². The van der Waals surface area contributed by atoms with E-state index in [2.05, 4.69) is 5.32 Å². The van der Waals surface area contributed by atoms with Gasteiger partial charge in [0, 0.05) is 23.9 Å². The minimum Gasteiger partial charge on any atom is -0.463 e. The van der Waals surface area contributed by atoms with Crippen molar-refractivity contribution < 1.29 is 19.2 Å². The summed E-state index contributed by atoms with van der Waals surface area (Å²) >= 11 is 0. The highest BCUT2D eigenvalue weighted by atomic mass is 16.6. The summed E-state index contributed by atoms with van der Waals surface area (Å²) < 4.78 is 4.79. The van der Waals surface area contributed by atoms with Gasteiger partial charge in [0.15, 0.2) is 0 Å². The Balaban J connectivity index is 1.98. The molecule has 0 spiro atoms. The molecule has 0 aliphatic rings. The molecule has 1 N–H and O–H groups in total. The number of nitro benzene ring substituents is 1. The number of nitro groups is 1. The van der Waals surface area contributed by atoms with Crippen LogP contribution in [0.3, 0.4) is 0 Å². The van der Waals surface area contributed by atoms with Crippen molar-refractivity contribution in [3.05, 3.63) is 81.9 Å². The number of anilines is 1. The zero-order valence-electron chi connectivity index (χ0n) is 14.6. The maximum atomic E-state index is 12.0. The fourth-order valence-corrected chi connectivity index (χ4v) is 2.18. The van der Waals surface area contributed by atoms with Gasteiger partial charge < -0.3 is 10.1 Å². The molecule has 2 rings (SSSR count). The minimum absolute atomic E-state index is 0.0701. The van der Waals surface area contributed by atoms with Crippen molar-refractivity contribution in [2.75, 3.05) is 11.9 Å². The zero-order valence-corrected chi connectivity index (χ0v) is 14.6. The average molecular weight is 366 g/mol. The second-order valence-corrected chi connectivity index (χ2v) is 5.35. The molecule has 0 aliphatic heterocycles. The molecule has 0 aromatic heterocycles. The number of ether oxygens (including phenoxy) is 1. The van der Waals surface area contributed by atoms with Gasteiger partial charge in [-0.25, -0.2) is 4.79 Å². The van der Waals surface area contributed by atoms with Crippen LogP contribution in [0.2, 0.25) is 0 Å². The summed E-state index contributed by atoms with van der Waals surface area (Å²) in [6.07, 6.45) is 5.56. The fraction of sp³-hybridized carbons (Fsp3) is 0.100. The van der Waals surface area contributed by atoms with E-state index in [-0.39, 0.29) is 5.69 Å². The summed E-state index contributed by atoms with van der Waals surface area (Å²) in [7, 11) is 0. The summed E-state index contributed by atoms with van der Waals surface area (Å²) in [4.78, 5) is 33.7. The minimum atomic E-state index is -0.500. The SMILES string of the molecule is CCOC(=O)/C=C/c1ccc(NC(=O)/C=C/c2ccccc2[N+](=O)[O-])cc1. The van der Waals surface area contributed by atoms with E-state index in [1.165, 1.54) is 24.3 Å². The molecule has 0 unspecified atom stereocenters. The molecule has 1 amide bonds. The molecule has 2 aromatic rings. The van der Waals surface area contributed by atoms with Crippen LogP contribution >= 0.6 is 0 Å². The van der Waals surface area contributed by atoms with E-state index >= 15 is 0 Å². The number of carbonyl (C=O) groups is 2. The number of rotatable bonds is 7. The quantitative estimate of drug-likeness (QED) is 0.348. The highest BCUT2D eigenvalue weighted by Crippen LogP contribution is 2.19. The lowest BCUT2D eigenvalue weighted by atomic mass is 10.1. The van der Waals surface area contributed by atoms with Crippen LogP contribution in [-0.4, -0.2) is 23.4 Å². The number of nitrogens with one attached hydrogen (secondary N) is 1. The highest BCUT2D eigenvalue weighted by molar-refractivity contribution is 6.02. The highest BCUT2D eigenvalue weighted by Gasteiger charge is 2.09. The third kappa shape index (κ3) is 6.24. The van der Waals surface area contributed by atoms with E-state index in [9.17, 15) is 19.7 Å². The van der Waals surface area contributed by atoms with Crippen molar-refractivity contribution in [2.45, 2.75) is 6.92 Å². The largest absolute Gasteiger partial charge is 0.463 e. The van der Waals surface area contributed by atoms with Crippen molar-refractivity contribution in [3.8, 4) is 0 Å². The van der Waals surface area contributed by atoms with Crippen LogP contribution in [0.5, 0.6) is 0 Å². The molecule has 0 atom stereocenters. The Hall–Kier alpha value is -3.74. The molecule has 0 saturated carbocycles. The van der Waals surface area contributed by atoms with E-state index < -0.39 is 16.8 Å². The average Bonchev–Trinajstić information content (AvgIpc) is 2.66. The second kappa shape index (κ2) is 9.67. The van der Waals surface area contributed by atoms with Crippen LogP contribution < -0.4 is 5.32 Å². The molecule has 7 nitrogen and oxygen atoms in total. The molecule has 0 bridgehead atoms. The van der Waals surface area contributed by atoms with Gasteiger partial charge in [0.2, 0.25) is 5.91 Å². The summed E-state index contributed by atoms with van der Waals surface area (Å²) in [6, 6.07) is 13.0. The molecule has 138 valence electrons. The van der Waals surface area contributed by atoms with Crippen LogP contribution in [0.25, 0.3) is 12.2 Å². The predicted molar refractivity (Wildman–Crippen MR) is 103 cm³/mol. The third-order valence-electron chi connectivity index (χ3n) is 3.42. The van der Waals surface area contributed by atoms with Crippen molar-refractivity contribution in [1.82, 2.24) is 0 Å². The number of hydrogen-bond acceptors (Lipinski definition) is 5. The maximum absolute atomic E-state index is 12.0. The number of amides is 1. The van der Waals surface area contributed by atoms with Crippen LogP contribution in [0.4, 0.5) is 11.4 Å². The van der Waals surface area contributed by atoms with Crippen molar-refractivity contribution >= 4 is 35.4 Å². The lowest BCUT2D eigenvalue weighted by Crippen LogP contribution is -2.07. The van der Waals surface area contributed by atoms with Crippen molar-refractivity contribution in [1.29, 1.82) is 0 Å². The Morgan fingerprint density at radius 1 is 1.07 bits per heavy atom. The van der Waals surface area contributed by atoms with Gasteiger partial charge in [0.05, 0.1) is 17.1 Å². The fourth-order valence-electron chi connectivity index (χ4n) is 2.18. The van der Waals surface area contributed by atoms with Crippen LogP contribution in [0.1, 0.15) is 18.1 Å². The van der Waals surface area contributed by atoms with Crippen LogP contribution in [-0.2, 0) is 14.3 Å². The first-order valence-electron chi connectivity index (χ1n) is 8.17. The zero-order chi connectivity index (χ0) is 19.6. The normalized spacial score (nSPS) is 10.9. The number of nitrogens with zero attached hydrogens (tertiary/aromatic N) is 1. The number of esters is 1. The van der Waals surface area contributed by atoms with Gasteiger partial charge in [-0.3, -0.25) is 14.9 Å². The first kappa shape index (κ1) is 19.6. The van der Waals surface area contributed by atoms with Crippen molar-refractivity contribution in [2.24, 2.45) is 0 Å². The molecule has 27 heavy (non-hydrogen) atoms. The van der Waals surface area contributed by atoms with Gasteiger partial charge in [-0.2, -0.15) is 0 Å². The smallest absolute Gasteiger partial charge is 0.330 e. The monoisotopic (exact) mass is 366 g/mol. The lowest BCUT2D eigenvalue weighted by molar-refractivity contribution is -0.385. The molecular weight excluding hydrogens is 348 g/mol. The molecule has 0 saturated heterocycles. The number of benzene rings is 2. The number of carbonyl (C=O) groups excluding carboxylic acids is 2. The van der Waals surface area contributed by atoms with E-state index in [1.54, 1.807) is 55.5 Å². The van der Waals surface area contributed by atoms with Gasteiger partial charge in [-0.1, -0.05) is 24.3 Å². The molecule has 0 aliphatic carbocycles. The van der Waals surface area contributed by atoms with Gasteiger partial charge >= 0.3 is 5.97 Å². The Kier molecular flexibility index (Phi) is 7.01. The standard InChI is InChI=1S/C20H18N2O5/c1-2-27-20(24)14-9-15-7-11-17(12-8-15)21-19(23)13-10-16-5-3-4-6-18(16)22(25)26/h3-14H,2H2,1H3,(H,21,23)/b13-10+,14-9+. The van der Waals surface area contributed by atoms with E-state index in [0.717, 1.165) is 5.56 Å². The first-order valence-corrected chi connectivity index (χ1v) is 8.17. The Morgan fingerprint density at radius 3 is 2.44 bits per heavy atom. The number of para-hydroxylation sites is 1. The number of hydrogen-bond donors (Lipinski definition) is 1.